The zero-order valence-corrected chi connectivity index (χ0v) is 31.5. The second-order valence-corrected chi connectivity index (χ2v) is 13.9. The van der Waals surface area contributed by atoms with Crippen molar-refractivity contribution in [2.24, 2.45) is 17.8 Å². The summed E-state index contributed by atoms with van der Waals surface area (Å²) in [5, 5.41) is 22.1. The van der Waals surface area contributed by atoms with Crippen molar-refractivity contribution in [3.8, 4) is 0 Å². The number of aliphatic hydroxyl groups is 1. The Morgan fingerprint density at radius 2 is 1.29 bits per heavy atom. The number of benzene rings is 1. The van der Waals surface area contributed by atoms with Crippen molar-refractivity contribution in [3.63, 3.8) is 0 Å². The van der Waals surface area contributed by atoms with Crippen molar-refractivity contribution in [1.29, 1.82) is 0 Å². The Kier molecular flexibility index (Phi) is 21.5. The van der Waals surface area contributed by atoms with Gasteiger partial charge in [-0.15, -0.1) is 0 Å². The molecule has 0 spiro atoms. The highest BCUT2D eigenvalue weighted by atomic mass is 16.5. The SMILES string of the molecule is COCCOCC(=O)N[C@H](C(=O)NC(Cc1ccccc1)C(O)CN(CC1CCCCC1)NC(=O)[C@@H](NC(=O)COCCOC)C(C)C)C(C)C. The summed E-state index contributed by atoms with van der Waals surface area (Å²) in [6.45, 7) is 8.64. The molecule has 1 aliphatic carbocycles. The molecule has 1 aromatic rings. The molecular formula is C37H63N5O9. The molecule has 1 saturated carbocycles. The molecule has 1 aliphatic rings. The lowest BCUT2D eigenvalue weighted by Crippen LogP contribution is -2.60. The van der Waals surface area contributed by atoms with Crippen LogP contribution in [-0.4, -0.2) is 125 Å². The van der Waals surface area contributed by atoms with E-state index in [0.29, 0.717) is 32.1 Å². The van der Waals surface area contributed by atoms with Gasteiger partial charge in [0, 0.05) is 27.3 Å². The third kappa shape index (κ3) is 17.8. The van der Waals surface area contributed by atoms with Crippen LogP contribution in [-0.2, 0) is 44.5 Å². The average molecular weight is 722 g/mol. The summed E-state index contributed by atoms with van der Waals surface area (Å²) in [5.41, 5.74) is 3.89. The van der Waals surface area contributed by atoms with Gasteiger partial charge < -0.3 is 40.0 Å². The summed E-state index contributed by atoms with van der Waals surface area (Å²) in [6, 6.07) is 7.03. The van der Waals surface area contributed by atoms with Crippen molar-refractivity contribution in [2.75, 3.05) is 67.0 Å². The van der Waals surface area contributed by atoms with Gasteiger partial charge in [-0.05, 0) is 42.6 Å². The van der Waals surface area contributed by atoms with E-state index in [1.54, 1.807) is 12.1 Å². The molecule has 1 fully saturated rings. The predicted molar refractivity (Wildman–Crippen MR) is 193 cm³/mol. The number of nitrogens with one attached hydrogen (secondary N) is 4. The molecule has 0 saturated heterocycles. The number of hydrogen-bond donors (Lipinski definition) is 5. The van der Waals surface area contributed by atoms with E-state index in [1.807, 2.05) is 58.0 Å². The van der Waals surface area contributed by atoms with Crippen LogP contribution in [0.3, 0.4) is 0 Å². The number of amides is 4. The first-order valence-corrected chi connectivity index (χ1v) is 18.2. The van der Waals surface area contributed by atoms with Crippen molar-refractivity contribution < 1.29 is 43.2 Å². The van der Waals surface area contributed by atoms with E-state index in [0.717, 1.165) is 37.7 Å². The standard InChI is InChI=1S/C37H63N5O9/c1-26(2)34(39-32(44)24-50-19-17-48-5)36(46)38-30(21-28-13-9-7-10-14-28)31(43)23-42(22-29-15-11-8-12-16-29)41-37(47)35(27(3)4)40-33(45)25-51-20-18-49-6/h7,9-10,13-14,26-27,29-31,34-35,43H,8,11-12,15-25H2,1-6H3,(H,38,46)(H,39,44)(H,40,45)(H,41,47)/t30?,31?,34-,35-/m0/s1. The Labute approximate surface area is 304 Å². The second kappa shape index (κ2) is 24.9. The van der Waals surface area contributed by atoms with Crippen molar-refractivity contribution >= 4 is 23.6 Å². The lowest BCUT2D eigenvalue weighted by molar-refractivity contribution is -0.136. The molecule has 4 amide bonds. The summed E-state index contributed by atoms with van der Waals surface area (Å²) >= 11 is 0. The highest BCUT2D eigenvalue weighted by Crippen LogP contribution is 2.24. The van der Waals surface area contributed by atoms with Crippen LogP contribution in [0.25, 0.3) is 0 Å². The number of carbonyl (C=O) groups is 4. The molecule has 0 aromatic heterocycles. The molecular weight excluding hydrogens is 658 g/mol. The normalized spacial score (nSPS) is 16.0. The summed E-state index contributed by atoms with van der Waals surface area (Å²) in [4.78, 5) is 52.7. The third-order valence-corrected chi connectivity index (χ3v) is 8.83. The number of aliphatic hydroxyl groups excluding tert-OH is 1. The van der Waals surface area contributed by atoms with Gasteiger partial charge in [0.25, 0.3) is 5.91 Å². The van der Waals surface area contributed by atoms with Crippen LogP contribution in [0.2, 0.25) is 0 Å². The molecule has 5 N–H and O–H groups in total. The van der Waals surface area contributed by atoms with Crippen LogP contribution in [0.4, 0.5) is 0 Å². The van der Waals surface area contributed by atoms with Crippen LogP contribution in [0, 0.1) is 17.8 Å². The highest BCUT2D eigenvalue weighted by molar-refractivity contribution is 5.89. The number of carbonyl (C=O) groups excluding carboxylic acids is 4. The molecule has 2 rings (SSSR count). The Morgan fingerprint density at radius 1 is 0.765 bits per heavy atom. The molecule has 0 heterocycles. The lowest BCUT2D eigenvalue weighted by atomic mass is 9.89. The topological polar surface area (TPSA) is 177 Å². The number of ether oxygens (including phenoxy) is 4. The minimum atomic E-state index is -1.11. The number of hydrogen-bond acceptors (Lipinski definition) is 10. The maximum absolute atomic E-state index is 13.7. The zero-order valence-electron chi connectivity index (χ0n) is 31.5. The van der Waals surface area contributed by atoms with Gasteiger partial charge in [-0.25, -0.2) is 5.01 Å². The minimum Gasteiger partial charge on any atom is -0.390 e. The van der Waals surface area contributed by atoms with Gasteiger partial charge in [0.1, 0.15) is 25.3 Å². The molecule has 14 nitrogen and oxygen atoms in total. The van der Waals surface area contributed by atoms with Crippen LogP contribution >= 0.6 is 0 Å². The maximum atomic E-state index is 13.7. The Balaban J connectivity index is 2.25. The Morgan fingerprint density at radius 3 is 1.80 bits per heavy atom. The van der Waals surface area contributed by atoms with E-state index in [9.17, 15) is 24.3 Å². The van der Waals surface area contributed by atoms with E-state index in [2.05, 4.69) is 21.4 Å². The predicted octanol–water partition coefficient (Wildman–Crippen LogP) is 1.60. The van der Waals surface area contributed by atoms with Gasteiger partial charge >= 0.3 is 0 Å². The number of hydrazine groups is 1. The fourth-order valence-electron chi connectivity index (χ4n) is 5.96. The molecule has 0 aliphatic heterocycles. The molecule has 14 heteroatoms. The fraction of sp³-hybridized carbons (Fsp3) is 0.730. The molecule has 51 heavy (non-hydrogen) atoms. The molecule has 2 unspecified atom stereocenters. The smallest absolute Gasteiger partial charge is 0.257 e. The summed E-state index contributed by atoms with van der Waals surface area (Å²) in [7, 11) is 3.08. The van der Waals surface area contributed by atoms with Gasteiger partial charge in [-0.1, -0.05) is 77.3 Å². The largest absolute Gasteiger partial charge is 0.390 e. The van der Waals surface area contributed by atoms with Crippen LogP contribution < -0.4 is 21.4 Å². The second-order valence-electron chi connectivity index (χ2n) is 13.9. The molecule has 0 radical (unpaired) electrons. The average Bonchev–Trinajstić information content (AvgIpc) is 3.10. The van der Waals surface area contributed by atoms with Crippen LogP contribution in [0.15, 0.2) is 30.3 Å². The van der Waals surface area contributed by atoms with Gasteiger partial charge in [-0.2, -0.15) is 0 Å². The van der Waals surface area contributed by atoms with Crippen LogP contribution in [0.5, 0.6) is 0 Å². The molecule has 4 atom stereocenters. The minimum absolute atomic E-state index is 0.0188. The molecule has 1 aromatic carbocycles. The highest BCUT2D eigenvalue weighted by Gasteiger charge is 2.32. The molecule has 0 bridgehead atoms. The van der Waals surface area contributed by atoms with E-state index in [-0.39, 0.29) is 44.8 Å². The number of methoxy groups -OCH3 is 2. The van der Waals surface area contributed by atoms with E-state index in [4.69, 9.17) is 18.9 Å². The van der Waals surface area contributed by atoms with Crippen LogP contribution in [0.1, 0.15) is 65.4 Å². The lowest BCUT2D eigenvalue weighted by Gasteiger charge is -2.35. The van der Waals surface area contributed by atoms with Gasteiger partial charge in [-0.3, -0.25) is 24.6 Å². The molecule has 290 valence electrons. The van der Waals surface area contributed by atoms with E-state index >= 15 is 0 Å². The van der Waals surface area contributed by atoms with Crippen molar-refractivity contribution in [2.45, 2.75) is 90.4 Å². The Hall–Kier alpha value is -3.14. The first-order chi connectivity index (χ1) is 24.4. The summed E-state index contributed by atoms with van der Waals surface area (Å²) < 4.78 is 20.6. The quantitative estimate of drug-likeness (QED) is 0.0737. The maximum Gasteiger partial charge on any atom is 0.257 e. The van der Waals surface area contributed by atoms with Gasteiger partial charge in [0.2, 0.25) is 17.7 Å². The van der Waals surface area contributed by atoms with Crippen molar-refractivity contribution in [3.05, 3.63) is 35.9 Å². The fourth-order valence-corrected chi connectivity index (χ4v) is 5.96. The zero-order chi connectivity index (χ0) is 37.6. The summed E-state index contributed by atoms with van der Waals surface area (Å²) in [5.74, 6) is -1.87. The van der Waals surface area contributed by atoms with Crippen molar-refractivity contribution in [1.82, 2.24) is 26.4 Å². The summed E-state index contributed by atoms with van der Waals surface area (Å²) in [6.07, 6.45) is 4.55. The first-order valence-electron chi connectivity index (χ1n) is 18.2. The monoisotopic (exact) mass is 721 g/mol. The van der Waals surface area contributed by atoms with Gasteiger partial charge in [0.05, 0.1) is 38.6 Å². The Bertz CT molecular complexity index is 1150. The first kappa shape index (κ1) is 44.0. The van der Waals surface area contributed by atoms with E-state index < -0.39 is 47.9 Å². The van der Waals surface area contributed by atoms with Gasteiger partial charge in [0.15, 0.2) is 0 Å². The third-order valence-electron chi connectivity index (χ3n) is 8.83. The number of nitrogens with zero attached hydrogens (tertiary/aromatic N) is 1. The number of rotatable bonds is 25. The van der Waals surface area contributed by atoms with E-state index in [1.165, 1.54) is 7.11 Å².